The van der Waals surface area contributed by atoms with E-state index in [0.29, 0.717) is 36.1 Å². The van der Waals surface area contributed by atoms with Crippen LogP contribution in [0.4, 0.5) is 28.9 Å². The number of nitrogens with zero attached hydrogens (tertiary/aromatic N) is 3. The Balaban J connectivity index is 1.36. The van der Waals surface area contributed by atoms with Gasteiger partial charge in [0, 0.05) is 37.3 Å². The molecule has 18 heteroatoms. The molecule has 0 saturated carbocycles. The summed E-state index contributed by atoms with van der Waals surface area (Å²) in [7, 11) is 2.72. The fourth-order valence-electron chi connectivity index (χ4n) is 6.41. The van der Waals surface area contributed by atoms with Crippen LogP contribution >= 0.6 is 11.8 Å². The van der Waals surface area contributed by atoms with Gasteiger partial charge in [-0.2, -0.15) is 10.1 Å². The van der Waals surface area contributed by atoms with Crippen molar-refractivity contribution in [3.8, 4) is 0 Å². The minimum Gasteiger partial charge on any atom is -0.445 e. The van der Waals surface area contributed by atoms with E-state index in [0.717, 1.165) is 35.0 Å². The van der Waals surface area contributed by atoms with Gasteiger partial charge in [0.15, 0.2) is 0 Å². The summed E-state index contributed by atoms with van der Waals surface area (Å²) in [5, 5.41) is 17.6. The fourth-order valence-corrected chi connectivity index (χ4v) is 7.83. The lowest BCUT2D eigenvalue weighted by Crippen LogP contribution is -2.47. The first-order chi connectivity index (χ1) is 28.2. The highest BCUT2D eigenvalue weighted by atomic mass is 32.2. The average Bonchev–Trinajstić information content (AvgIpc) is 3.61. The van der Waals surface area contributed by atoms with Crippen LogP contribution in [0.15, 0.2) is 77.9 Å². The molecule has 0 radical (unpaired) electrons. The quantitative estimate of drug-likeness (QED) is 0.0675. The third-order valence-electron chi connectivity index (χ3n) is 9.64. The number of primary amides is 1. The van der Waals surface area contributed by atoms with E-state index < -0.39 is 46.6 Å². The van der Waals surface area contributed by atoms with Crippen LogP contribution in [-0.4, -0.2) is 78.4 Å². The molecule has 1 unspecified atom stereocenters. The number of hydroxylamine groups is 2. The molecule has 59 heavy (non-hydrogen) atoms. The molecule has 1 aliphatic heterocycles. The number of halogens is 2. The van der Waals surface area contributed by atoms with Crippen molar-refractivity contribution in [2.45, 2.75) is 70.4 Å². The number of nitrogens with two attached hydrogens (primary N) is 1. The molecular formula is C41H52F2N8O7S. The van der Waals surface area contributed by atoms with Crippen LogP contribution in [-0.2, 0) is 30.6 Å². The molecule has 3 aromatic rings. The van der Waals surface area contributed by atoms with Crippen molar-refractivity contribution in [2.75, 3.05) is 32.6 Å². The second-order valence-corrected chi connectivity index (χ2v) is 15.4. The number of anilines is 1. The molecule has 4 rings (SSSR count). The summed E-state index contributed by atoms with van der Waals surface area (Å²) in [6.07, 6.45) is 1.14. The van der Waals surface area contributed by atoms with Gasteiger partial charge in [0.25, 0.3) is 0 Å². The van der Waals surface area contributed by atoms with Crippen molar-refractivity contribution >= 4 is 52.5 Å². The Morgan fingerprint density at radius 3 is 2.29 bits per heavy atom. The molecule has 3 atom stereocenters. The van der Waals surface area contributed by atoms with E-state index in [2.05, 4.69) is 26.4 Å². The van der Waals surface area contributed by atoms with Crippen molar-refractivity contribution in [1.29, 1.82) is 0 Å². The predicted octanol–water partition coefficient (Wildman–Crippen LogP) is 6.40. The lowest BCUT2D eigenvalue weighted by Gasteiger charge is -2.37. The number of urea groups is 2. The third-order valence-corrected chi connectivity index (χ3v) is 11.1. The molecule has 0 saturated heterocycles. The first kappa shape index (κ1) is 45.9. The number of hydrogen-bond acceptors (Lipinski definition) is 9. The van der Waals surface area contributed by atoms with Crippen LogP contribution < -0.4 is 27.0 Å². The van der Waals surface area contributed by atoms with Crippen LogP contribution in [0.25, 0.3) is 0 Å². The number of benzene rings is 3. The molecule has 15 nitrogen and oxygen atoms in total. The number of hydrogen-bond donors (Lipinski definition) is 5. The summed E-state index contributed by atoms with van der Waals surface area (Å²) in [6.45, 7) is 6.11. The van der Waals surface area contributed by atoms with E-state index in [1.807, 2.05) is 26.8 Å². The molecule has 0 bridgehead atoms. The maximum atomic E-state index is 15.0. The predicted molar refractivity (Wildman–Crippen MR) is 220 cm³/mol. The Morgan fingerprint density at radius 1 is 0.949 bits per heavy atom. The van der Waals surface area contributed by atoms with Gasteiger partial charge in [-0.1, -0.05) is 75.0 Å². The van der Waals surface area contributed by atoms with Crippen molar-refractivity contribution in [3.63, 3.8) is 0 Å². The third kappa shape index (κ3) is 12.6. The summed E-state index contributed by atoms with van der Waals surface area (Å²) in [4.78, 5) is 67.7. The normalized spacial score (nSPS) is 15.8. The number of carbonyl (C=O) groups excluding carboxylic acids is 5. The number of ether oxygens (including phenoxy) is 1. The SMILES string of the molecule is CCC(C(=O)N[C@@H](CCCNC(N)=O)C(=O)Nc1ccc(COC(=O)NCCC[C@@]2(c3ccccc3)SC(c3cc(F)ccc3F)=NN2C(=O)N(C)OC)cc1)C(C)C. The fraction of sp³-hybridized carbons (Fsp3) is 0.415. The number of hydrazone groups is 1. The topological polar surface area (TPSA) is 197 Å². The number of thioether (sulfide) groups is 1. The molecule has 318 valence electrons. The van der Waals surface area contributed by atoms with Crippen LogP contribution in [0.1, 0.15) is 69.6 Å². The monoisotopic (exact) mass is 838 g/mol. The highest BCUT2D eigenvalue weighted by molar-refractivity contribution is 8.15. The first-order valence-corrected chi connectivity index (χ1v) is 20.0. The van der Waals surface area contributed by atoms with Crippen molar-refractivity contribution in [1.82, 2.24) is 26.0 Å². The molecule has 6 N–H and O–H groups in total. The van der Waals surface area contributed by atoms with E-state index >= 15 is 0 Å². The number of carbonyl (C=O) groups is 5. The largest absolute Gasteiger partial charge is 0.445 e. The molecule has 7 amide bonds. The van der Waals surface area contributed by atoms with E-state index in [-0.39, 0.29) is 60.9 Å². The molecule has 1 heterocycles. The number of alkyl carbamates (subject to hydrolysis) is 1. The lowest BCUT2D eigenvalue weighted by atomic mass is 9.92. The summed E-state index contributed by atoms with van der Waals surface area (Å²) in [5.74, 6) is -2.21. The molecule has 1 aliphatic rings. The Morgan fingerprint density at radius 2 is 1.64 bits per heavy atom. The van der Waals surface area contributed by atoms with Crippen molar-refractivity contribution in [2.24, 2.45) is 22.7 Å². The maximum Gasteiger partial charge on any atom is 0.407 e. The van der Waals surface area contributed by atoms with Gasteiger partial charge in [0.05, 0.1) is 7.11 Å². The highest BCUT2D eigenvalue weighted by Crippen LogP contribution is 2.51. The lowest BCUT2D eigenvalue weighted by molar-refractivity contribution is -0.130. The van der Waals surface area contributed by atoms with Gasteiger partial charge < -0.3 is 31.7 Å². The zero-order valence-electron chi connectivity index (χ0n) is 33.8. The van der Waals surface area contributed by atoms with Gasteiger partial charge in [-0.15, -0.1) is 0 Å². The van der Waals surface area contributed by atoms with Crippen LogP contribution in [0.5, 0.6) is 0 Å². The summed E-state index contributed by atoms with van der Waals surface area (Å²) in [6, 6.07) is 16.5. The van der Waals surface area contributed by atoms with Gasteiger partial charge in [-0.05, 0) is 79.5 Å². The van der Waals surface area contributed by atoms with E-state index in [1.54, 1.807) is 48.5 Å². The zero-order chi connectivity index (χ0) is 43.1. The van der Waals surface area contributed by atoms with Gasteiger partial charge in [0.1, 0.15) is 34.2 Å². The number of rotatable bonds is 19. The number of nitrogens with one attached hydrogen (secondary N) is 4. The minimum atomic E-state index is -1.22. The summed E-state index contributed by atoms with van der Waals surface area (Å²) in [5.41, 5.74) is 6.81. The van der Waals surface area contributed by atoms with Crippen LogP contribution in [0.2, 0.25) is 0 Å². The Labute approximate surface area is 346 Å². The smallest absolute Gasteiger partial charge is 0.407 e. The second kappa shape index (κ2) is 21.9. The Kier molecular flexibility index (Phi) is 17.0. The van der Waals surface area contributed by atoms with E-state index in [9.17, 15) is 32.8 Å². The molecular weight excluding hydrogens is 787 g/mol. The van der Waals surface area contributed by atoms with E-state index in [4.69, 9.17) is 15.3 Å². The van der Waals surface area contributed by atoms with Gasteiger partial charge in [-0.25, -0.2) is 28.2 Å². The molecule has 0 aromatic heterocycles. The summed E-state index contributed by atoms with van der Waals surface area (Å²) >= 11 is 1.09. The van der Waals surface area contributed by atoms with Gasteiger partial charge >= 0.3 is 18.2 Å². The van der Waals surface area contributed by atoms with Crippen molar-refractivity contribution in [3.05, 3.63) is 101 Å². The molecule has 0 aliphatic carbocycles. The maximum absolute atomic E-state index is 15.0. The van der Waals surface area contributed by atoms with E-state index in [1.165, 1.54) is 19.2 Å². The average molecular weight is 839 g/mol. The highest BCUT2D eigenvalue weighted by Gasteiger charge is 2.49. The van der Waals surface area contributed by atoms with Crippen LogP contribution in [0.3, 0.4) is 0 Å². The molecule has 0 fully saturated rings. The Hall–Kier alpha value is -5.75. The molecule has 0 spiro atoms. The van der Waals surface area contributed by atoms with Gasteiger partial charge in [-0.3, -0.25) is 14.4 Å². The van der Waals surface area contributed by atoms with Crippen LogP contribution in [0, 0.1) is 23.5 Å². The molecule has 3 aromatic carbocycles. The minimum absolute atomic E-state index is 0.0783. The zero-order valence-corrected chi connectivity index (χ0v) is 34.6. The number of amides is 7. The Bertz CT molecular complexity index is 1960. The second-order valence-electron chi connectivity index (χ2n) is 14.1. The first-order valence-electron chi connectivity index (χ1n) is 19.2. The standard InChI is InChI=1S/C41H52F2N8O7S/c1-6-31(26(2)3)35(52)48-34(14-10-22-45-38(44)54)36(53)47-30-18-15-27(16-19-30)25-58-39(55)46-23-11-21-41(28-12-8-7-9-13-28)51(40(56)50(4)57-5)49-37(59-41)32-24-29(42)17-20-33(32)43/h7-9,12-13,15-20,24,26,31,34H,6,10-11,14,21-23,25H2,1-5H3,(H,46,55)(H,47,53)(H,48,52)(H3,44,45,54)/t31?,34-,41-/m0/s1. The summed E-state index contributed by atoms with van der Waals surface area (Å²) < 4.78 is 34.7. The van der Waals surface area contributed by atoms with Crippen molar-refractivity contribution < 1.29 is 42.3 Å². The van der Waals surface area contributed by atoms with Gasteiger partial charge in [0.2, 0.25) is 11.8 Å².